The number of hydrogen-bond acceptors (Lipinski definition) is 4. The number of hydrogen-bond donors (Lipinski definition) is 1. The highest BCUT2D eigenvalue weighted by Gasteiger charge is 2.26. The maximum absolute atomic E-state index is 13.1. The van der Waals surface area contributed by atoms with E-state index in [9.17, 15) is 9.59 Å². The molecule has 4 aromatic rings. The third-order valence-electron chi connectivity index (χ3n) is 5.02. The van der Waals surface area contributed by atoms with E-state index in [1.807, 2.05) is 68.4 Å². The molecule has 0 aliphatic rings. The Kier molecular flexibility index (Phi) is 5.76. The summed E-state index contributed by atoms with van der Waals surface area (Å²) >= 11 is 0. The van der Waals surface area contributed by atoms with Crippen molar-refractivity contribution in [3.63, 3.8) is 0 Å². The van der Waals surface area contributed by atoms with Crippen LogP contribution in [-0.2, 0) is 9.53 Å². The Hall–Kier alpha value is -3.99. The molecular weight excluding hydrogens is 388 g/mol. The predicted molar refractivity (Wildman–Crippen MR) is 121 cm³/mol. The van der Waals surface area contributed by atoms with Crippen LogP contribution in [0.15, 0.2) is 84.9 Å². The van der Waals surface area contributed by atoms with Crippen LogP contribution in [0.3, 0.4) is 0 Å². The lowest BCUT2D eigenvalue weighted by Gasteiger charge is -2.19. The van der Waals surface area contributed by atoms with Crippen molar-refractivity contribution in [3.8, 4) is 0 Å². The van der Waals surface area contributed by atoms with Crippen LogP contribution < -0.4 is 5.32 Å². The number of aryl methyl sites for hydroxylation is 2. The highest BCUT2D eigenvalue weighted by Crippen LogP contribution is 2.24. The number of carbonyl (C=O) groups is 2. The van der Waals surface area contributed by atoms with Gasteiger partial charge in [0, 0.05) is 16.6 Å². The van der Waals surface area contributed by atoms with Gasteiger partial charge in [-0.25, -0.2) is 9.78 Å². The minimum absolute atomic E-state index is 0.152. The first-order valence-corrected chi connectivity index (χ1v) is 10.0. The molecule has 0 saturated heterocycles. The van der Waals surface area contributed by atoms with Crippen LogP contribution in [0, 0.1) is 13.8 Å². The Morgan fingerprint density at radius 1 is 0.871 bits per heavy atom. The van der Waals surface area contributed by atoms with Crippen LogP contribution in [0.5, 0.6) is 0 Å². The number of anilines is 1. The molecule has 0 fully saturated rings. The van der Waals surface area contributed by atoms with E-state index in [0.717, 1.165) is 16.5 Å². The molecule has 31 heavy (non-hydrogen) atoms. The lowest BCUT2D eigenvalue weighted by Crippen LogP contribution is -2.26. The van der Waals surface area contributed by atoms with Crippen LogP contribution in [0.2, 0.25) is 0 Å². The van der Waals surface area contributed by atoms with Gasteiger partial charge < -0.3 is 10.1 Å². The van der Waals surface area contributed by atoms with E-state index in [4.69, 9.17) is 4.74 Å². The molecule has 1 atom stereocenters. The van der Waals surface area contributed by atoms with Crippen LogP contribution >= 0.6 is 0 Å². The van der Waals surface area contributed by atoms with Crippen molar-refractivity contribution >= 4 is 28.5 Å². The molecule has 154 valence electrons. The monoisotopic (exact) mass is 410 g/mol. The zero-order chi connectivity index (χ0) is 21.8. The maximum atomic E-state index is 13.1. The second-order valence-electron chi connectivity index (χ2n) is 7.39. The van der Waals surface area contributed by atoms with Gasteiger partial charge in [-0.1, -0.05) is 66.7 Å². The molecule has 3 aromatic carbocycles. The molecule has 1 heterocycles. The third kappa shape index (κ3) is 4.61. The fourth-order valence-corrected chi connectivity index (χ4v) is 3.32. The number of ether oxygens (including phenoxy) is 1. The molecule has 0 bridgehead atoms. The zero-order valence-electron chi connectivity index (χ0n) is 17.3. The molecule has 0 aliphatic heterocycles. The Morgan fingerprint density at radius 2 is 1.61 bits per heavy atom. The Labute approximate surface area is 180 Å². The summed E-state index contributed by atoms with van der Waals surface area (Å²) in [6, 6.07) is 25.7. The number of carbonyl (C=O) groups excluding carboxylic acids is 2. The second-order valence-corrected chi connectivity index (χ2v) is 7.39. The summed E-state index contributed by atoms with van der Waals surface area (Å²) in [7, 11) is 0. The van der Waals surface area contributed by atoms with Crippen molar-refractivity contribution in [1.82, 2.24) is 4.98 Å². The SMILES string of the molecule is Cc1ccc(C)c(NC(=O)[C@H](OC(=O)c2ccc3ccccc3n2)c2ccccc2)c1. The van der Waals surface area contributed by atoms with Crippen molar-refractivity contribution in [2.75, 3.05) is 5.32 Å². The van der Waals surface area contributed by atoms with Gasteiger partial charge in [0.2, 0.25) is 6.10 Å². The summed E-state index contributed by atoms with van der Waals surface area (Å²) in [5.74, 6) is -1.08. The molecule has 4 rings (SSSR count). The minimum atomic E-state index is -1.11. The van der Waals surface area contributed by atoms with Crippen molar-refractivity contribution in [1.29, 1.82) is 0 Å². The molecule has 0 saturated carbocycles. The summed E-state index contributed by atoms with van der Waals surface area (Å²) in [6.07, 6.45) is -1.11. The van der Waals surface area contributed by atoms with Gasteiger partial charge in [-0.15, -0.1) is 0 Å². The zero-order valence-corrected chi connectivity index (χ0v) is 17.3. The van der Waals surface area contributed by atoms with E-state index in [2.05, 4.69) is 10.3 Å². The maximum Gasteiger partial charge on any atom is 0.358 e. The molecule has 0 spiro atoms. The average Bonchev–Trinajstić information content (AvgIpc) is 2.80. The Balaban J connectivity index is 1.62. The first-order chi connectivity index (χ1) is 15.0. The summed E-state index contributed by atoms with van der Waals surface area (Å²) < 4.78 is 5.66. The van der Waals surface area contributed by atoms with E-state index in [1.165, 1.54) is 0 Å². The van der Waals surface area contributed by atoms with Crippen molar-refractivity contribution in [3.05, 3.63) is 107 Å². The molecule has 0 unspecified atom stereocenters. The van der Waals surface area contributed by atoms with Crippen LogP contribution in [0.25, 0.3) is 10.9 Å². The van der Waals surface area contributed by atoms with Gasteiger partial charge in [0.15, 0.2) is 0 Å². The van der Waals surface area contributed by atoms with E-state index in [0.29, 0.717) is 16.8 Å². The summed E-state index contributed by atoms with van der Waals surface area (Å²) in [5, 5.41) is 3.82. The van der Waals surface area contributed by atoms with E-state index >= 15 is 0 Å². The lowest BCUT2D eigenvalue weighted by atomic mass is 10.1. The van der Waals surface area contributed by atoms with Gasteiger partial charge in [0.1, 0.15) is 5.69 Å². The number of nitrogens with one attached hydrogen (secondary N) is 1. The normalized spacial score (nSPS) is 11.7. The van der Waals surface area contributed by atoms with Gasteiger partial charge >= 0.3 is 5.97 Å². The van der Waals surface area contributed by atoms with Crippen LogP contribution in [0.4, 0.5) is 5.69 Å². The highest BCUT2D eigenvalue weighted by molar-refractivity contribution is 5.98. The topological polar surface area (TPSA) is 68.3 Å². The molecule has 1 aromatic heterocycles. The number of aromatic nitrogens is 1. The standard InChI is InChI=1S/C26H22N2O3/c1-17-12-13-18(2)23(16-17)28-25(29)24(20-9-4-3-5-10-20)31-26(30)22-15-14-19-8-6-7-11-21(19)27-22/h3-16,24H,1-2H3,(H,28,29)/t24-/m1/s1. The Morgan fingerprint density at radius 3 is 2.42 bits per heavy atom. The number of pyridine rings is 1. The second kappa shape index (κ2) is 8.79. The van der Waals surface area contributed by atoms with Crippen molar-refractivity contribution in [2.45, 2.75) is 20.0 Å². The first-order valence-electron chi connectivity index (χ1n) is 10.0. The van der Waals surface area contributed by atoms with Gasteiger partial charge in [-0.2, -0.15) is 0 Å². The Bertz CT molecular complexity index is 1250. The lowest BCUT2D eigenvalue weighted by molar-refractivity contribution is -0.125. The molecule has 0 radical (unpaired) electrons. The fraction of sp³-hybridized carbons (Fsp3) is 0.115. The number of benzene rings is 3. The fourth-order valence-electron chi connectivity index (χ4n) is 3.32. The number of esters is 1. The quantitative estimate of drug-likeness (QED) is 0.448. The molecule has 0 aliphatic carbocycles. The molecule has 5 heteroatoms. The summed E-state index contributed by atoms with van der Waals surface area (Å²) in [6.45, 7) is 3.87. The number of fused-ring (bicyclic) bond motifs is 1. The predicted octanol–water partition coefficient (Wildman–Crippen LogP) is 5.39. The third-order valence-corrected chi connectivity index (χ3v) is 5.02. The van der Waals surface area contributed by atoms with E-state index in [1.54, 1.807) is 30.3 Å². The average molecular weight is 410 g/mol. The molecule has 1 amide bonds. The van der Waals surface area contributed by atoms with Crippen LogP contribution in [-0.4, -0.2) is 16.9 Å². The van der Waals surface area contributed by atoms with Gasteiger partial charge in [0.05, 0.1) is 5.52 Å². The molecule has 1 N–H and O–H groups in total. The van der Waals surface area contributed by atoms with E-state index in [-0.39, 0.29) is 5.69 Å². The molecular formula is C26H22N2O3. The van der Waals surface area contributed by atoms with Crippen molar-refractivity contribution in [2.24, 2.45) is 0 Å². The summed E-state index contributed by atoms with van der Waals surface area (Å²) in [4.78, 5) is 30.4. The van der Waals surface area contributed by atoms with Crippen molar-refractivity contribution < 1.29 is 14.3 Å². The van der Waals surface area contributed by atoms with E-state index < -0.39 is 18.0 Å². The first kappa shape index (κ1) is 20.3. The number of rotatable bonds is 5. The number of nitrogens with zero attached hydrogens (tertiary/aromatic N) is 1. The van der Waals surface area contributed by atoms with Gasteiger partial charge in [0.25, 0.3) is 5.91 Å². The number of amides is 1. The number of para-hydroxylation sites is 1. The minimum Gasteiger partial charge on any atom is -0.443 e. The summed E-state index contributed by atoms with van der Waals surface area (Å²) in [5.41, 5.74) is 4.06. The largest absolute Gasteiger partial charge is 0.443 e. The smallest absolute Gasteiger partial charge is 0.358 e. The highest BCUT2D eigenvalue weighted by atomic mass is 16.5. The molecule has 5 nitrogen and oxygen atoms in total. The van der Waals surface area contributed by atoms with Gasteiger partial charge in [-0.05, 0) is 43.2 Å². The van der Waals surface area contributed by atoms with Crippen LogP contribution in [0.1, 0.15) is 33.3 Å². The van der Waals surface area contributed by atoms with Gasteiger partial charge in [-0.3, -0.25) is 4.79 Å².